The van der Waals surface area contributed by atoms with Crippen LogP contribution < -0.4 is 5.73 Å². The number of nitrogens with zero attached hydrogens (tertiary/aromatic N) is 2. The molecule has 2 rings (SSSR count). The largest absolute Gasteiger partial charge is 0.324 e. The maximum Gasteiger partial charge on any atom is 0.0596 e. The van der Waals surface area contributed by atoms with Gasteiger partial charge in [0.15, 0.2) is 0 Å². The molecule has 1 aromatic heterocycles. The van der Waals surface area contributed by atoms with Gasteiger partial charge in [-0.15, -0.1) is 0 Å². The molecule has 1 unspecified atom stereocenters. The van der Waals surface area contributed by atoms with E-state index in [2.05, 4.69) is 44.1 Å². The van der Waals surface area contributed by atoms with Gasteiger partial charge in [0.05, 0.1) is 5.69 Å². The van der Waals surface area contributed by atoms with Crippen LogP contribution >= 0.6 is 0 Å². The van der Waals surface area contributed by atoms with E-state index >= 15 is 0 Å². The second kappa shape index (κ2) is 5.17. The lowest BCUT2D eigenvalue weighted by atomic mass is 9.92. The maximum atomic E-state index is 6.42. The van der Waals surface area contributed by atoms with Gasteiger partial charge in [0.2, 0.25) is 0 Å². The summed E-state index contributed by atoms with van der Waals surface area (Å²) in [7, 11) is 1.98. The molecule has 0 aliphatic carbocycles. The van der Waals surface area contributed by atoms with Crippen LogP contribution in [0.3, 0.4) is 0 Å². The number of hydrogen-bond acceptors (Lipinski definition) is 2. The number of hydrogen-bond donors (Lipinski definition) is 1. The third kappa shape index (κ3) is 2.87. The number of rotatable bonds is 3. The number of nitrogens with two attached hydrogens (primary N) is 1. The highest BCUT2D eigenvalue weighted by molar-refractivity contribution is 5.40. The molecule has 0 saturated carbocycles. The smallest absolute Gasteiger partial charge is 0.0596 e. The lowest BCUT2D eigenvalue weighted by Gasteiger charge is -2.18. The van der Waals surface area contributed by atoms with Crippen LogP contribution in [-0.2, 0) is 13.5 Å². The van der Waals surface area contributed by atoms with Crippen molar-refractivity contribution in [1.29, 1.82) is 0 Å². The highest BCUT2D eigenvalue weighted by Crippen LogP contribution is 2.24. The molecule has 0 aliphatic heterocycles. The average molecular weight is 257 g/mol. The summed E-state index contributed by atoms with van der Waals surface area (Å²) in [5.74, 6) is 0. The Balaban J connectivity index is 2.30. The van der Waals surface area contributed by atoms with Crippen LogP contribution in [0.4, 0.5) is 0 Å². The quantitative estimate of drug-likeness (QED) is 0.918. The molecule has 0 saturated heterocycles. The Hall–Kier alpha value is -1.61. The molecule has 3 nitrogen and oxygen atoms in total. The summed E-state index contributed by atoms with van der Waals surface area (Å²) in [6.45, 7) is 8.42. The molecule has 0 fully saturated rings. The summed E-state index contributed by atoms with van der Waals surface area (Å²) in [5, 5.41) is 4.38. The summed E-state index contributed by atoms with van der Waals surface area (Å²) < 4.78 is 1.92. The second-order valence-electron chi connectivity index (χ2n) is 5.52. The predicted molar refractivity (Wildman–Crippen MR) is 79.2 cm³/mol. The first-order chi connectivity index (χ1) is 8.88. The van der Waals surface area contributed by atoms with Crippen LogP contribution in [0.1, 0.15) is 39.7 Å². The molecule has 1 aromatic carbocycles. The van der Waals surface area contributed by atoms with Crippen molar-refractivity contribution < 1.29 is 0 Å². The van der Waals surface area contributed by atoms with E-state index in [0.717, 1.165) is 12.1 Å². The number of benzene rings is 1. The van der Waals surface area contributed by atoms with Crippen LogP contribution in [0.15, 0.2) is 18.2 Å². The summed E-state index contributed by atoms with van der Waals surface area (Å²) in [4.78, 5) is 0. The van der Waals surface area contributed by atoms with Gasteiger partial charge < -0.3 is 5.73 Å². The molecular formula is C16H23N3. The Morgan fingerprint density at radius 3 is 2.16 bits per heavy atom. The normalized spacial score (nSPS) is 12.7. The first-order valence-electron chi connectivity index (χ1n) is 6.71. The minimum Gasteiger partial charge on any atom is -0.324 e. The fourth-order valence-corrected chi connectivity index (χ4v) is 2.96. The third-order valence-electron chi connectivity index (χ3n) is 3.64. The van der Waals surface area contributed by atoms with Gasteiger partial charge in [-0.1, -0.05) is 17.7 Å². The maximum absolute atomic E-state index is 6.42. The molecule has 0 aliphatic rings. The van der Waals surface area contributed by atoms with Gasteiger partial charge in [0, 0.05) is 25.2 Å². The van der Waals surface area contributed by atoms with Crippen LogP contribution in [0.5, 0.6) is 0 Å². The molecule has 102 valence electrons. The minimum absolute atomic E-state index is 0.0235. The van der Waals surface area contributed by atoms with Crippen LogP contribution in [0.25, 0.3) is 0 Å². The van der Waals surface area contributed by atoms with Crippen molar-refractivity contribution in [2.75, 3.05) is 0 Å². The van der Waals surface area contributed by atoms with Crippen molar-refractivity contribution in [1.82, 2.24) is 9.78 Å². The number of aromatic nitrogens is 2. The van der Waals surface area contributed by atoms with Gasteiger partial charge in [-0.25, -0.2) is 0 Å². The van der Waals surface area contributed by atoms with E-state index in [1.54, 1.807) is 0 Å². The van der Waals surface area contributed by atoms with E-state index in [1.165, 1.54) is 27.9 Å². The highest BCUT2D eigenvalue weighted by Gasteiger charge is 2.15. The van der Waals surface area contributed by atoms with Gasteiger partial charge in [0.25, 0.3) is 0 Å². The molecule has 3 heteroatoms. The Labute approximate surface area is 115 Å². The van der Waals surface area contributed by atoms with Crippen LogP contribution in [-0.4, -0.2) is 9.78 Å². The van der Waals surface area contributed by atoms with E-state index in [1.807, 2.05) is 18.7 Å². The molecule has 0 radical (unpaired) electrons. The standard InChI is InChI=1S/C16H23N3/c1-10-6-11(2)16(12(3)7-10)15(17)9-14-8-13(4)18-19(14)5/h6-8,15H,9,17H2,1-5H3. The lowest BCUT2D eigenvalue weighted by molar-refractivity contribution is 0.635. The summed E-state index contributed by atoms with van der Waals surface area (Å²) in [6, 6.07) is 6.54. The van der Waals surface area contributed by atoms with Crippen molar-refractivity contribution in [2.45, 2.75) is 40.2 Å². The van der Waals surface area contributed by atoms with E-state index in [0.29, 0.717) is 0 Å². The molecule has 19 heavy (non-hydrogen) atoms. The van der Waals surface area contributed by atoms with Crippen LogP contribution in [0.2, 0.25) is 0 Å². The van der Waals surface area contributed by atoms with Crippen molar-refractivity contribution in [2.24, 2.45) is 12.8 Å². The summed E-state index contributed by atoms with van der Waals surface area (Å²) in [6.07, 6.45) is 0.822. The molecule has 2 N–H and O–H groups in total. The fourth-order valence-electron chi connectivity index (χ4n) is 2.96. The summed E-state index contributed by atoms with van der Waals surface area (Å²) >= 11 is 0. The highest BCUT2D eigenvalue weighted by atomic mass is 15.3. The Morgan fingerprint density at radius 2 is 1.68 bits per heavy atom. The zero-order chi connectivity index (χ0) is 14.2. The topological polar surface area (TPSA) is 43.8 Å². The van der Waals surface area contributed by atoms with E-state index < -0.39 is 0 Å². The molecule has 2 aromatic rings. The van der Waals surface area contributed by atoms with Gasteiger partial charge >= 0.3 is 0 Å². The van der Waals surface area contributed by atoms with E-state index in [4.69, 9.17) is 5.73 Å². The molecular weight excluding hydrogens is 234 g/mol. The molecule has 0 bridgehead atoms. The van der Waals surface area contributed by atoms with Gasteiger partial charge in [-0.3, -0.25) is 4.68 Å². The minimum atomic E-state index is 0.0235. The SMILES string of the molecule is Cc1cc(C)c(C(N)Cc2cc(C)nn2C)c(C)c1. The van der Waals surface area contributed by atoms with Crippen molar-refractivity contribution in [3.63, 3.8) is 0 Å². The molecule has 1 heterocycles. The average Bonchev–Trinajstić information content (AvgIpc) is 2.55. The second-order valence-corrected chi connectivity index (χ2v) is 5.52. The zero-order valence-corrected chi connectivity index (χ0v) is 12.5. The van der Waals surface area contributed by atoms with Crippen molar-refractivity contribution >= 4 is 0 Å². The first-order valence-corrected chi connectivity index (χ1v) is 6.71. The fraction of sp³-hybridized carbons (Fsp3) is 0.438. The Bertz CT molecular complexity index is 573. The van der Waals surface area contributed by atoms with Gasteiger partial charge in [-0.2, -0.15) is 5.10 Å². The monoisotopic (exact) mass is 257 g/mol. The first kappa shape index (κ1) is 13.8. The summed E-state index contributed by atoms with van der Waals surface area (Å²) in [5.41, 5.74) is 13.8. The molecule has 1 atom stereocenters. The lowest BCUT2D eigenvalue weighted by Crippen LogP contribution is -2.18. The van der Waals surface area contributed by atoms with Gasteiger partial charge in [-0.05, 0) is 50.5 Å². The van der Waals surface area contributed by atoms with Crippen LogP contribution in [0, 0.1) is 27.7 Å². The van der Waals surface area contributed by atoms with E-state index in [9.17, 15) is 0 Å². The molecule has 0 amide bonds. The van der Waals surface area contributed by atoms with Crippen molar-refractivity contribution in [3.8, 4) is 0 Å². The van der Waals surface area contributed by atoms with E-state index in [-0.39, 0.29) is 6.04 Å². The molecule has 0 spiro atoms. The third-order valence-corrected chi connectivity index (χ3v) is 3.64. The number of aryl methyl sites for hydroxylation is 5. The predicted octanol–water partition coefficient (Wildman–Crippen LogP) is 2.90. The zero-order valence-electron chi connectivity index (χ0n) is 12.5. The Morgan fingerprint density at radius 1 is 1.11 bits per heavy atom. The van der Waals surface area contributed by atoms with Crippen molar-refractivity contribution in [3.05, 3.63) is 51.8 Å². The Kier molecular flexibility index (Phi) is 3.76. The van der Waals surface area contributed by atoms with Gasteiger partial charge in [0.1, 0.15) is 0 Å².